The van der Waals surface area contributed by atoms with E-state index in [2.05, 4.69) is 65.2 Å². The van der Waals surface area contributed by atoms with Crippen LogP contribution < -0.4 is 0 Å². The number of hydrogen-bond donors (Lipinski definition) is 0. The zero-order valence-corrected chi connectivity index (χ0v) is 13.5. The number of hydrogen-bond acceptors (Lipinski definition) is 3. The molecule has 0 atom stereocenters. The van der Waals surface area contributed by atoms with E-state index < -0.39 is 0 Å². The molecule has 0 aliphatic carbocycles. The molecule has 11 heteroatoms. The van der Waals surface area contributed by atoms with Crippen LogP contribution in [0.1, 0.15) is 0 Å². The Labute approximate surface area is 148 Å². The SMILES string of the molecule is [C-]#[O+].[C-]#[O+].[C-]#[O+].[C-]#[O+].[C-]#[O+].[C-]#[O+].[Fe].[Fe].[S-]CSC[S-]. The maximum absolute atomic E-state index is 7.50. The Morgan fingerprint density at radius 3 is 0.632 bits per heavy atom. The Hall–Kier alpha value is 0.529. The van der Waals surface area contributed by atoms with Crippen LogP contribution in [-0.4, -0.2) is 10.2 Å². The van der Waals surface area contributed by atoms with Gasteiger partial charge in [-0.25, -0.2) is 11.8 Å². The second-order valence-corrected chi connectivity index (χ2v) is 2.73. The Kier molecular flexibility index (Phi) is 1460. The van der Waals surface area contributed by atoms with Crippen molar-refractivity contribution in [2.75, 3.05) is 10.2 Å². The molecule has 0 fully saturated rings. The molecule has 0 heterocycles. The van der Waals surface area contributed by atoms with Crippen molar-refractivity contribution >= 4 is 37.0 Å². The van der Waals surface area contributed by atoms with Gasteiger partial charge in [-0.05, 0) is 0 Å². The van der Waals surface area contributed by atoms with Crippen molar-refractivity contribution in [2.45, 2.75) is 0 Å². The van der Waals surface area contributed by atoms with Gasteiger partial charge in [-0.15, -0.1) is 10.2 Å². The minimum absolute atomic E-state index is 0. The molecule has 6 nitrogen and oxygen atoms in total. The Morgan fingerprint density at radius 2 is 0.632 bits per heavy atom. The third kappa shape index (κ3) is 792. The van der Waals surface area contributed by atoms with Gasteiger partial charge in [0.1, 0.15) is 0 Å². The third-order valence-electron chi connectivity index (χ3n) is 0.167. The van der Waals surface area contributed by atoms with Crippen LogP contribution in [0.3, 0.4) is 0 Å². The summed E-state index contributed by atoms with van der Waals surface area (Å²) in [5.74, 6) is 0. The Bertz CT molecular complexity index is 142. The summed E-state index contributed by atoms with van der Waals surface area (Å²) in [4.78, 5) is 0. The van der Waals surface area contributed by atoms with Crippen LogP contribution in [-0.2, 0) is 87.3 Å². The molecule has 0 aliphatic heterocycles. The fourth-order valence-electron chi connectivity index (χ4n) is 0.0340. The molecule has 0 aromatic carbocycles. The van der Waals surface area contributed by atoms with Crippen LogP contribution in [0.4, 0.5) is 0 Å². The molecule has 0 radical (unpaired) electrons. The summed E-state index contributed by atoms with van der Waals surface area (Å²) in [5.41, 5.74) is 0. The van der Waals surface area contributed by atoms with E-state index >= 15 is 0 Å². The van der Waals surface area contributed by atoms with Crippen molar-refractivity contribution in [1.29, 1.82) is 0 Å². The van der Waals surface area contributed by atoms with E-state index in [0.29, 0.717) is 0 Å². The Morgan fingerprint density at radius 1 is 0.526 bits per heavy atom. The molecule has 0 rings (SSSR count). The Balaban J connectivity index is -0.00000000912. The first-order valence-electron chi connectivity index (χ1n) is 2.38. The first kappa shape index (κ1) is 60.5. The quantitative estimate of drug-likeness (QED) is 0.289. The van der Waals surface area contributed by atoms with Crippen LogP contribution in [0, 0.1) is 39.9 Å². The van der Waals surface area contributed by atoms with E-state index in [9.17, 15) is 0 Å². The van der Waals surface area contributed by atoms with Gasteiger partial charge in [0, 0.05) is 34.1 Å². The summed E-state index contributed by atoms with van der Waals surface area (Å²) in [6.45, 7) is 27.0. The minimum Gasteiger partial charge on any atom is -0.782 e. The van der Waals surface area contributed by atoms with Crippen molar-refractivity contribution in [2.24, 2.45) is 0 Å². The molecular formula is C8H4Fe2O6S3-2. The summed E-state index contributed by atoms with van der Waals surface area (Å²) in [6.07, 6.45) is 0. The maximum atomic E-state index is 7.50. The molecule has 0 aliphatic rings. The summed E-state index contributed by atoms with van der Waals surface area (Å²) in [5, 5.41) is 1.48. The van der Waals surface area contributed by atoms with Crippen molar-refractivity contribution in [3.8, 4) is 0 Å². The molecule has 0 bridgehead atoms. The van der Waals surface area contributed by atoms with E-state index in [4.69, 9.17) is 27.9 Å². The molecular weight excluding hydrogens is 400 g/mol. The van der Waals surface area contributed by atoms with E-state index in [1.807, 2.05) is 0 Å². The van der Waals surface area contributed by atoms with Gasteiger partial charge >= 0.3 is 67.8 Å². The average molecular weight is 404 g/mol. The molecule has 0 saturated carbocycles. The van der Waals surface area contributed by atoms with Gasteiger partial charge in [0.2, 0.25) is 0 Å². The largest absolute Gasteiger partial charge is 0.782 e. The van der Waals surface area contributed by atoms with Crippen LogP contribution >= 0.6 is 11.8 Å². The summed E-state index contributed by atoms with van der Waals surface area (Å²) in [6, 6.07) is 0. The van der Waals surface area contributed by atoms with Crippen molar-refractivity contribution in [1.82, 2.24) is 0 Å². The normalized spacial score (nSPS) is 2.84. The van der Waals surface area contributed by atoms with Crippen LogP contribution in [0.5, 0.6) is 0 Å². The van der Waals surface area contributed by atoms with Gasteiger partial charge in [-0.3, -0.25) is 0 Å². The predicted octanol–water partition coefficient (Wildman–Crippen LogP) is 0.498. The zero-order chi connectivity index (χ0) is 16.1. The molecule has 0 N–H and O–H groups in total. The van der Waals surface area contributed by atoms with Crippen molar-refractivity contribution in [3.63, 3.8) is 0 Å². The minimum atomic E-state index is 0. The molecule has 19 heavy (non-hydrogen) atoms. The molecule has 108 valence electrons. The molecule has 0 unspecified atom stereocenters. The molecule has 0 amide bonds. The van der Waals surface area contributed by atoms with Crippen molar-refractivity contribution < 1.29 is 62.1 Å². The van der Waals surface area contributed by atoms with Gasteiger partial charge in [0.15, 0.2) is 0 Å². The molecule has 0 aromatic heterocycles. The van der Waals surface area contributed by atoms with Gasteiger partial charge < -0.3 is 25.3 Å². The van der Waals surface area contributed by atoms with Gasteiger partial charge in [-0.2, -0.15) is 0 Å². The smallest absolute Gasteiger partial charge is 0 e. The standard InChI is InChI=1S/C2H6S3.6CO.2Fe/c3-1-5-2-4;6*1-2;;/h3-4H,1-2H2;;;;;;;;/p-2. The maximum Gasteiger partial charge on any atom is 0 e. The first-order chi connectivity index (χ1) is 8.41. The second-order valence-electron chi connectivity index (χ2n) is 0.440. The summed E-state index contributed by atoms with van der Waals surface area (Å²) in [7, 11) is 0. The third-order valence-corrected chi connectivity index (χ3v) is 1.50. The fourth-order valence-corrected chi connectivity index (χ4v) is 0.919. The summed E-state index contributed by atoms with van der Waals surface area (Å²) >= 11 is 10.7. The zero-order valence-electron chi connectivity index (χ0n) is 8.80. The monoisotopic (exact) mass is 404 g/mol. The summed E-state index contributed by atoms with van der Waals surface area (Å²) < 4.78 is 45.0. The number of rotatable bonds is 2. The first-order valence-corrected chi connectivity index (χ1v) is 4.69. The van der Waals surface area contributed by atoms with E-state index in [1.165, 1.54) is 0 Å². The fraction of sp³-hybridized carbons (Fsp3) is 0.250. The van der Waals surface area contributed by atoms with Crippen LogP contribution in [0.25, 0.3) is 0 Å². The molecule has 0 spiro atoms. The second kappa shape index (κ2) is 457. The van der Waals surface area contributed by atoms with Crippen molar-refractivity contribution in [3.05, 3.63) is 39.9 Å². The molecule has 0 saturated heterocycles. The van der Waals surface area contributed by atoms with E-state index in [1.54, 1.807) is 11.8 Å². The van der Waals surface area contributed by atoms with Crippen LogP contribution in [0.2, 0.25) is 0 Å². The topological polar surface area (TPSA) is 119 Å². The number of thioether (sulfide) groups is 1. The van der Waals surface area contributed by atoms with E-state index in [0.717, 1.165) is 10.2 Å². The van der Waals surface area contributed by atoms with Gasteiger partial charge in [-0.1, -0.05) is 0 Å². The van der Waals surface area contributed by atoms with Crippen LogP contribution in [0.15, 0.2) is 0 Å². The van der Waals surface area contributed by atoms with Gasteiger partial charge in [0.05, 0.1) is 0 Å². The molecule has 0 aromatic rings. The van der Waals surface area contributed by atoms with Gasteiger partial charge in [0.25, 0.3) is 0 Å². The van der Waals surface area contributed by atoms with E-state index in [-0.39, 0.29) is 34.1 Å². The average Bonchev–Trinajstić information content (AvgIpc) is 2.52. The predicted molar refractivity (Wildman–Crippen MR) is 55.6 cm³/mol.